The van der Waals surface area contributed by atoms with Crippen LogP contribution in [0, 0.1) is 11.7 Å². The maximum atomic E-state index is 15.6. The summed E-state index contributed by atoms with van der Waals surface area (Å²) >= 11 is 0. The number of phenols is 1. The Morgan fingerprint density at radius 2 is 2.06 bits per heavy atom. The number of fused-ring (bicyclic) bond motifs is 1. The fourth-order valence-corrected chi connectivity index (χ4v) is 5.06. The summed E-state index contributed by atoms with van der Waals surface area (Å²) in [4.78, 5) is 10.4. The second kappa shape index (κ2) is 8.94. The lowest BCUT2D eigenvalue weighted by Gasteiger charge is -2.33. The van der Waals surface area contributed by atoms with E-state index in [1.807, 2.05) is 19.2 Å². The number of H-pyrrole nitrogens is 2. The van der Waals surface area contributed by atoms with Crippen molar-refractivity contribution in [3.63, 3.8) is 0 Å². The van der Waals surface area contributed by atoms with Crippen molar-refractivity contribution < 1.29 is 14.2 Å². The first-order chi connectivity index (χ1) is 17.1. The summed E-state index contributed by atoms with van der Waals surface area (Å²) in [5, 5.41) is 17.8. The molecule has 0 aliphatic carbocycles. The van der Waals surface area contributed by atoms with Gasteiger partial charge in [0, 0.05) is 36.5 Å². The molecule has 1 saturated heterocycles. The second-order valence-electron chi connectivity index (χ2n) is 9.40. The van der Waals surface area contributed by atoms with E-state index in [0.29, 0.717) is 34.8 Å². The Morgan fingerprint density at radius 3 is 2.80 bits per heavy atom. The van der Waals surface area contributed by atoms with Gasteiger partial charge in [-0.1, -0.05) is 25.1 Å². The summed E-state index contributed by atoms with van der Waals surface area (Å²) in [6.45, 7) is 6.79. The largest absolute Gasteiger partial charge is 0.508 e. The Kier molecular flexibility index (Phi) is 5.62. The van der Waals surface area contributed by atoms with Crippen LogP contribution in [0.15, 0.2) is 42.6 Å². The quantitative estimate of drug-likeness (QED) is 0.376. The Morgan fingerprint density at radius 1 is 1.20 bits per heavy atom. The van der Waals surface area contributed by atoms with Crippen molar-refractivity contribution in [2.75, 3.05) is 32.8 Å². The van der Waals surface area contributed by atoms with Crippen LogP contribution in [-0.4, -0.2) is 63.0 Å². The second-order valence-corrected chi connectivity index (χ2v) is 9.40. The summed E-state index contributed by atoms with van der Waals surface area (Å²) < 4.78 is 20.8. The minimum atomic E-state index is -0.385. The number of benzene rings is 2. The van der Waals surface area contributed by atoms with Crippen molar-refractivity contribution in [1.29, 1.82) is 0 Å². The van der Waals surface area contributed by atoms with E-state index in [2.05, 4.69) is 31.1 Å². The fraction of sp³-hybridized carbons (Fsp3) is 0.333. The van der Waals surface area contributed by atoms with E-state index in [0.717, 1.165) is 56.1 Å². The number of rotatable bonds is 6. The molecule has 8 heteroatoms. The molecule has 2 aliphatic rings. The smallest absolute Gasteiger partial charge is 0.159 e. The molecule has 0 atom stereocenters. The molecule has 2 aromatic heterocycles. The van der Waals surface area contributed by atoms with Crippen molar-refractivity contribution in [3.05, 3.63) is 59.7 Å². The van der Waals surface area contributed by atoms with Gasteiger partial charge in [0.15, 0.2) is 11.6 Å². The number of halogens is 1. The molecule has 0 amide bonds. The molecule has 1 fully saturated rings. The normalized spacial score (nSPS) is 17.0. The number of phenolic OH excluding ortho intramolecular Hbond substituents is 1. The number of nitrogens with one attached hydrogen (secondary N) is 2. The Hall–Kier alpha value is -3.49. The predicted molar refractivity (Wildman–Crippen MR) is 133 cm³/mol. The number of imidazole rings is 1. The third-order valence-electron chi connectivity index (χ3n) is 7.10. The lowest BCUT2D eigenvalue weighted by Crippen LogP contribution is -2.41. The van der Waals surface area contributed by atoms with Gasteiger partial charge in [0.05, 0.1) is 25.1 Å². The van der Waals surface area contributed by atoms with Crippen molar-refractivity contribution in [2.45, 2.75) is 19.8 Å². The molecule has 4 aromatic rings. The molecule has 3 N–H and O–H groups in total. The molecule has 7 nitrogen and oxygen atoms in total. The van der Waals surface area contributed by atoms with E-state index in [9.17, 15) is 5.11 Å². The van der Waals surface area contributed by atoms with Gasteiger partial charge in [0.25, 0.3) is 0 Å². The van der Waals surface area contributed by atoms with E-state index in [-0.39, 0.29) is 17.1 Å². The number of hydrogen-bond acceptors (Lipinski definition) is 5. The fourth-order valence-electron chi connectivity index (χ4n) is 5.06. The Bertz CT molecular complexity index is 1420. The highest BCUT2D eigenvalue weighted by molar-refractivity contribution is 5.94. The summed E-state index contributed by atoms with van der Waals surface area (Å²) in [6.07, 6.45) is 5.76. The van der Waals surface area contributed by atoms with Gasteiger partial charge in [-0.15, -0.1) is 0 Å². The standard InChI is InChI=1S/C27H28FN5O2/c1-2-17-11-19(34)3-4-20(17)21-5-6-22-25(24(21)28)31-32-26(22)27-29-12-23(30-27)18-7-9-33(10-8-18)13-16-14-35-15-16/h3-7,11-12,16,34H,2,8-10,13-15H2,1H3,(H,29,30)(H,31,32). The minimum absolute atomic E-state index is 0.177. The predicted octanol–water partition coefficient (Wildman–Crippen LogP) is 4.76. The van der Waals surface area contributed by atoms with Crippen LogP contribution in [0.3, 0.4) is 0 Å². The van der Waals surface area contributed by atoms with Gasteiger partial charge < -0.3 is 14.8 Å². The molecule has 2 aromatic carbocycles. The van der Waals surface area contributed by atoms with Gasteiger partial charge in [-0.05, 0) is 47.7 Å². The number of nitrogens with zero attached hydrogens (tertiary/aromatic N) is 3. The molecule has 35 heavy (non-hydrogen) atoms. The van der Waals surface area contributed by atoms with Crippen LogP contribution in [0.2, 0.25) is 0 Å². The van der Waals surface area contributed by atoms with Crippen LogP contribution in [0.1, 0.15) is 24.6 Å². The lowest BCUT2D eigenvalue weighted by atomic mass is 9.96. The monoisotopic (exact) mass is 473 g/mol. The number of aromatic hydroxyl groups is 1. The van der Waals surface area contributed by atoms with Gasteiger partial charge >= 0.3 is 0 Å². The molecule has 6 rings (SSSR count). The van der Waals surface area contributed by atoms with Gasteiger partial charge in [0.2, 0.25) is 0 Å². The average Bonchev–Trinajstić information content (AvgIpc) is 3.50. The van der Waals surface area contributed by atoms with E-state index >= 15 is 4.39 Å². The van der Waals surface area contributed by atoms with Crippen molar-refractivity contribution >= 4 is 16.5 Å². The van der Waals surface area contributed by atoms with Crippen molar-refractivity contribution in [2.24, 2.45) is 5.92 Å². The van der Waals surface area contributed by atoms with E-state index < -0.39 is 0 Å². The zero-order valence-electron chi connectivity index (χ0n) is 19.6. The minimum Gasteiger partial charge on any atom is -0.508 e. The highest BCUT2D eigenvalue weighted by Crippen LogP contribution is 2.35. The number of aromatic nitrogens is 4. The molecule has 0 unspecified atom stereocenters. The zero-order chi connectivity index (χ0) is 23.9. The van der Waals surface area contributed by atoms with E-state index in [1.54, 1.807) is 24.3 Å². The maximum Gasteiger partial charge on any atom is 0.159 e. The topological polar surface area (TPSA) is 90.1 Å². The molecule has 0 radical (unpaired) electrons. The third kappa shape index (κ3) is 4.02. The molecular formula is C27H28FN5O2. The van der Waals surface area contributed by atoms with Gasteiger partial charge in [0.1, 0.15) is 17.0 Å². The molecule has 4 heterocycles. The summed E-state index contributed by atoms with van der Waals surface area (Å²) in [6, 6.07) is 8.67. The third-order valence-corrected chi connectivity index (χ3v) is 7.10. The first kappa shape index (κ1) is 22.0. The van der Waals surface area contributed by atoms with Crippen molar-refractivity contribution in [1.82, 2.24) is 25.1 Å². The molecule has 0 spiro atoms. The van der Waals surface area contributed by atoms with Crippen LogP contribution in [0.4, 0.5) is 4.39 Å². The maximum absolute atomic E-state index is 15.6. The zero-order valence-corrected chi connectivity index (χ0v) is 19.6. The number of aromatic amines is 2. The average molecular weight is 474 g/mol. The number of hydrogen-bond donors (Lipinski definition) is 3. The summed E-state index contributed by atoms with van der Waals surface area (Å²) in [5.74, 6) is 1.10. The Labute approximate surface area is 202 Å². The van der Waals surface area contributed by atoms with Gasteiger partial charge in [-0.3, -0.25) is 10.00 Å². The molecule has 0 saturated carbocycles. The van der Waals surface area contributed by atoms with Gasteiger partial charge in [-0.2, -0.15) is 5.10 Å². The first-order valence-electron chi connectivity index (χ1n) is 12.1. The SMILES string of the molecule is CCc1cc(O)ccc1-c1ccc2c(-c3ncc(C4=CCN(CC5COC5)CC4)[nH]3)[nH]nc2c1F. The molecule has 180 valence electrons. The number of aryl methyl sites for hydroxylation is 1. The molecular weight excluding hydrogens is 445 g/mol. The first-order valence-corrected chi connectivity index (χ1v) is 12.1. The van der Waals surface area contributed by atoms with Crippen LogP contribution in [0.5, 0.6) is 5.75 Å². The van der Waals surface area contributed by atoms with E-state index in [4.69, 9.17) is 4.74 Å². The lowest BCUT2D eigenvalue weighted by molar-refractivity contribution is -0.0453. The number of ether oxygens (including phenoxy) is 1. The highest BCUT2D eigenvalue weighted by atomic mass is 19.1. The Balaban J connectivity index is 1.27. The van der Waals surface area contributed by atoms with Crippen molar-refractivity contribution in [3.8, 4) is 28.4 Å². The van der Waals surface area contributed by atoms with Crippen LogP contribution in [0.25, 0.3) is 39.1 Å². The summed E-state index contributed by atoms with van der Waals surface area (Å²) in [5.41, 5.74) is 5.30. The molecule has 0 bridgehead atoms. The summed E-state index contributed by atoms with van der Waals surface area (Å²) in [7, 11) is 0. The highest BCUT2D eigenvalue weighted by Gasteiger charge is 2.24. The van der Waals surface area contributed by atoms with Gasteiger partial charge in [-0.25, -0.2) is 9.37 Å². The van der Waals surface area contributed by atoms with Crippen LogP contribution < -0.4 is 0 Å². The van der Waals surface area contributed by atoms with E-state index in [1.165, 1.54) is 5.57 Å². The molecule has 2 aliphatic heterocycles. The van der Waals surface area contributed by atoms with Crippen LogP contribution >= 0.6 is 0 Å². The van der Waals surface area contributed by atoms with Crippen LogP contribution in [-0.2, 0) is 11.2 Å².